The number of nitrogens with zero attached hydrogens (tertiary/aromatic N) is 1. The number of piperidine rings is 1. The first kappa shape index (κ1) is 17.7. The van der Waals surface area contributed by atoms with Crippen molar-refractivity contribution in [1.29, 1.82) is 0 Å². The minimum Gasteiger partial charge on any atom is -0.466 e. The van der Waals surface area contributed by atoms with Gasteiger partial charge in [-0.3, -0.25) is 9.69 Å². The summed E-state index contributed by atoms with van der Waals surface area (Å²) in [5.41, 5.74) is 4.00. The van der Waals surface area contributed by atoms with Crippen molar-refractivity contribution in [2.75, 3.05) is 25.5 Å². The zero-order valence-corrected chi connectivity index (χ0v) is 16.5. The van der Waals surface area contributed by atoms with Crippen LogP contribution < -0.4 is 5.32 Å². The van der Waals surface area contributed by atoms with E-state index in [0.717, 1.165) is 42.9 Å². The van der Waals surface area contributed by atoms with E-state index >= 15 is 0 Å². The summed E-state index contributed by atoms with van der Waals surface area (Å²) in [6, 6.07) is 8.76. The summed E-state index contributed by atoms with van der Waals surface area (Å²) in [7, 11) is 1.45. The highest BCUT2D eigenvalue weighted by molar-refractivity contribution is 5.93. The van der Waals surface area contributed by atoms with Gasteiger partial charge in [-0.1, -0.05) is 18.2 Å². The third-order valence-electron chi connectivity index (χ3n) is 7.36. The molecule has 2 fully saturated rings. The summed E-state index contributed by atoms with van der Waals surface area (Å²) < 4.78 is 10.8. The largest absolute Gasteiger partial charge is 0.466 e. The van der Waals surface area contributed by atoms with E-state index in [1.165, 1.54) is 19.6 Å². The summed E-state index contributed by atoms with van der Waals surface area (Å²) in [5, 5.41) is 3.59. The van der Waals surface area contributed by atoms with Gasteiger partial charge in [-0.25, -0.2) is 4.79 Å². The summed E-state index contributed by atoms with van der Waals surface area (Å²) >= 11 is 0. The molecule has 0 amide bonds. The molecule has 5 unspecified atom stereocenters. The monoisotopic (exact) mass is 382 g/mol. The molecule has 1 spiro atoms. The maximum Gasteiger partial charge on any atom is 0.335 e. The summed E-state index contributed by atoms with van der Waals surface area (Å²) in [6.07, 6.45) is 1.62. The molecular formula is C22H26N2O4. The van der Waals surface area contributed by atoms with Crippen LogP contribution in [0.4, 0.5) is 5.69 Å². The maximum atomic E-state index is 13.0. The third kappa shape index (κ3) is 2.18. The first-order valence-corrected chi connectivity index (χ1v) is 10.1. The molecule has 5 atom stereocenters. The Hall–Kier alpha value is -2.34. The lowest BCUT2D eigenvalue weighted by atomic mass is 9.60. The van der Waals surface area contributed by atoms with E-state index in [-0.39, 0.29) is 35.3 Å². The molecule has 3 aliphatic heterocycles. The standard InChI is InChI=1S/C22H26N2O4/c1-12(28-13(2)25)15-11-24-9-8-22-16-6-4-5-7-17(16)23-20(22)19(21(26)27-3)14(15)10-18(22)24/h4-7,12,14-15,18,23H,8-11H2,1-3H3. The predicted molar refractivity (Wildman–Crippen MR) is 104 cm³/mol. The van der Waals surface area contributed by atoms with Crippen LogP contribution in [0.3, 0.4) is 0 Å². The Labute approximate surface area is 164 Å². The van der Waals surface area contributed by atoms with Crippen molar-refractivity contribution in [3.8, 4) is 0 Å². The van der Waals surface area contributed by atoms with E-state index in [1.807, 2.05) is 13.0 Å². The average molecular weight is 382 g/mol. The predicted octanol–water partition coefficient (Wildman–Crippen LogP) is 2.45. The van der Waals surface area contributed by atoms with Gasteiger partial charge in [-0.2, -0.15) is 0 Å². The van der Waals surface area contributed by atoms with Gasteiger partial charge in [-0.05, 0) is 37.9 Å². The summed E-state index contributed by atoms with van der Waals surface area (Å²) in [4.78, 5) is 27.1. The van der Waals surface area contributed by atoms with E-state index in [0.29, 0.717) is 6.04 Å². The molecule has 0 radical (unpaired) electrons. The van der Waals surface area contributed by atoms with Gasteiger partial charge in [0.05, 0.1) is 18.1 Å². The van der Waals surface area contributed by atoms with Gasteiger partial charge in [0.1, 0.15) is 6.10 Å². The average Bonchev–Trinajstić information content (AvgIpc) is 3.23. The number of rotatable bonds is 3. The lowest BCUT2D eigenvalue weighted by Crippen LogP contribution is -2.57. The topological polar surface area (TPSA) is 67.9 Å². The van der Waals surface area contributed by atoms with E-state index in [1.54, 1.807) is 0 Å². The van der Waals surface area contributed by atoms with Gasteiger partial charge in [-0.15, -0.1) is 0 Å². The van der Waals surface area contributed by atoms with Crippen LogP contribution in [-0.4, -0.2) is 49.2 Å². The van der Waals surface area contributed by atoms with Crippen LogP contribution in [0, 0.1) is 11.8 Å². The minimum atomic E-state index is -0.278. The van der Waals surface area contributed by atoms with Crippen LogP contribution in [0.15, 0.2) is 35.5 Å². The fourth-order valence-electron chi connectivity index (χ4n) is 6.32. The molecule has 6 heteroatoms. The minimum absolute atomic E-state index is 0.0195. The van der Waals surface area contributed by atoms with Gasteiger partial charge in [0, 0.05) is 42.7 Å². The van der Waals surface area contributed by atoms with Crippen LogP contribution in [0.1, 0.15) is 32.3 Å². The molecule has 148 valence electrons. The zero-order valence-electron chi connectivity index (χ0n) is 16.5. The van der Waals surface area contributed by atoms with Gasteiger partial charge < -0.3 is 14.8 Å². The molecule has 3 heterocycles. The molecule has 1 N–H and O–H groups in total. The van der Waals surface area contributed by atoms with Crippen LogP contribution >= 0.6 is 0 Å². The number of carbonyl (C=O) groups is 2. The number of benzene rings is 1. The fraction of sp³-hybridized carbons (Fsp3) is 0.545. The number of para-hydroxylation sites is 1. The first-order chi connectivity index (χ1) is 13.5. The molecule has 6 nitrogen and oxygen atoms in total. The number of carbonyl (C=O) groups excluding carboxylic acids is 2. The smallest absolute Gasteiger partial charge is 0.335 e. The molecule has 2 bridgehead atoms. The Morgan fingerprint density at radius 1 is 1.32 bits per heavy atom. The molecule has 28 heavy (non-hydrogen) atoms. The Morgan fingerprint density at radius 2 is 2.11 bits per heavy atom. The zero-order chi connectivity index (χ0) is 19.6. The number of hydrogen-bond acceptors (Lipinski definition) is 6. The fourth-order valence-corrected chi connectivity index (χ4v) is 6.32. The Balaban J connectivity index is 1.68. The van der Waals surface area contributed by atoms with E-state index in [9.17, 15) is 9.59 Å². The second-order valence-electron chi connectivity index (χ2n) is 8.50. The second kappa shape index (κ2) is 6.08. The SMILES string of the molecule is COC(=O)C1=C2Nc3ccccc3C23CCN2CC(C(C)OC(C)=O)C1CC23. The quantitative estimate of drug-likeness (QED) is 0.810. The first-order valence-electron chi connectivity index (χ1n) is 10.1. The van der Waals surface area contributed by atoms with Crippen LogP contribution in [0.5, 0.6) is 0 Å². The van der Waals surface area contributed by atoms with Gasteiger partial charge in [0.25, 0.3) is 0 Å². The van der Waals surface area contributed by atoms with Crippen molar-refractivity contribution < 1.29 is 19.1 Å². The number of ether oxygens (including phenoxy) is 2. The van der Waals surface area contributed by atoms with E-state index < -0.39 is 0 Å². The summed E-state index contributed by atoms with van der Waals surface area (Å²) in [6.45, 7) is 5.20. The van der Waals surface area contributed by atoms with Gasteiger partial charge in [0.15, 0.2) is 0 Å². The number of hydrogen-bond donors (Lipinski definition) is 1. The molecule has 5 rings (SSSR count). The normalized spacial score (nSPS) is 33.6. The van der Waals surface area contributed by atoms with Crippen molar-refractivity contribution in [1.82, 2.24) is 4.90 Å². The molecule has 1 aliphatic carbocycles. The molecule has 1 aromatic carbocycles. The Kier molecular flexibility index (Phi) is 3.85. The van der Waals surface area contributed by atoms with Crippen molar-refractivity contribution in [3.63, 3.8) is 0 Å². The highest BCUT2D eigenvalue weighted by Gasteiger charge is 2.63. The van der Waals surface area contributed by atoms with Crippen molar-refractivity contribution in [3.05, 3.63) is 41.1 Å². The molecule has 0 saturated carbocycles. The maximum absolute atomic E-state index is 13.0. The van der Waals surface area contributed by atoms with E-state index in [4.69, 9.17) is 9.47 Å². The number of esters is 2. The summed E-state index contributed by atoms with van der Waals surface area (Å²) in [5.74, 6) is -0.451. The lowest BCUT2D eigenvalue weighted by Gasteiger charge is -2.51. The van der Waals surface area contributed by atoms with Crippen molar-refractivity contribution in [2.45, 2.75) is 44.2 Å². The number of anilines is 1. The molecule has 1 aromatic rings. The van der Waals surface area contributed by atoms with Gasteiger partial charge in [0.2, 0.25) is 0 Å². The number of methoxy groups -OCH3 is 1. The third-order valence-corrected chi connectivity index (χ3v) is 7.36. The highest BCUT2D eigenvalue weighted by Crippen LogP contribution is 2.61. The van der Waals surface area contributed by atoms with Crippen molar-refractivity contribution in [2.24, 2.45) is 11.8 Å². The highest BCUT2D eigenvalue weighted by atomic mass is 16.5. The molecule has 0 aromatic heterocycles. The number of nitrogens with one attached hydrogen (secondary N) is 1. The van der Waals surface area contributed by atoms with Gasteiger partial charge >= 0.3 is 11.9 Å². The van der Waals surface area contributed by atoms with Crippen molar-refractivity contribution >= 4 is 17.6 Å². The lowest BCUT2D eigenvalue weighted by molar-refractivity contribution is -0.151. The number of fused-ring (bicyclic) bond motifs is 2. The second-order valence-corrected chi connectivity index (χ2v) is 8.50. The van der Waals surface area contributed by atoms with Crippen LogP contribution in [-0.2, 0) is 24.5 Å². The van der Waals surface area contributed by atoms with Crippen LogP contribution in [0.2, 0.25) is 0 Å². The Bertz CT molecular complexity index is 894. The molecule has 4 aliphatic rings. The van der Waals surface area contributed by atoms with E-state index in [2.05, 4.69) is 28.4 Å². The Morgan fingerprint density at radius 3 is 2.86 bits per heavy atom. The van der Waals surface area contributed by atoms with Crippen LogP contribution in [0.25, 0.3) is 0 Å². The molecular weight excluding hydrogens is 356 g/mol. The molecule has 2 saturated heterocycles.